The minimum Gasteiger partial charge on any atom is -0.473 e. The van der Waals surface area contributed by atoms with Crippen LogP contribution >= 0.6 is 11.8 Å². The Labute approximate surface area is 153 Å². The average molecular weight is 368 g/mol. The zero-order valence-electron chi connectivity index (χ0n) is 13.8. The van der Waals surface area contributed by atoms with E-state index >= 15 is 0 Å². The number of hydrogen-bond acceptors (Lipinski definition) is 6. The Morgan fingerprint density at radius 3 is 2.92 bits per heavy atom. The van der Waals surface area contributed by atoms with Crippen LogP contribution in [0, 0.1) is 0 Å². The van der Waals surface area contributed by atoms with Gasteiger partial charge in [-0.25, -0.2) is 9.78 Å². The SMILES string of the molecule is O=C(Nc1cc2ccccc2oc1=O)c1ccc(OC2CCSC2)nc1. The number of aromatic nitrogens is 1. The fourth-order valence-electron chi connectivity index (χ4n) is 2.70. The summed E-state index contributed by atoms with van der Waals surface area (Å²) in [6, 6.07) is 12.0. The number of rotatable bonds is 4. The highest BCUT2D eigenvalue weighted by Crippen LogP contribution is 2.22. The summed E-state index contributed by atoms with van der Waals surface area (Å²) < 4.78 is 11.0. The maximum Gasteiger partial charge on any atom is 0.360 e. The Balaban J connectivity index is 1.49. The quantitative estimate of drug-likeness (QED) is 0.712. The van der Waals surface area contributed by atoms with Crippen molar-refractivity contribution < 1.29 is 13.9 Å². The van der Waals surface area contributed by atoms with Gasteiger partial charge in [-0.2, -0.15) is 11.8 Å². The van der Waals surface area contributed by atoms with Gasteiger partial charge in [-0.15, -0.1) is 0 Å². The van der Waals surface area contributed by atoms with Crippen molar-refractivity contribution in [2.45, 2.75) is 12.5 Å². The lowest BCUT2D eigenvalue weighted by molar-refractivity contribution is 0.102. The van der Waals surface area contributed by atoms with Gasteiger partial charge < -0.3 is 14.5 Å². The zero-order chi connectivity index (χ0) is 17.9. The monoisotopic (exact) mass is 368 g/mol. The molecule has 26 heavy (non-hydrogen) atoms. The van der Waals surface area contributed by atoms with Crippen LogP contribution in [0.2, 0.25) is 0 Å². The van der Waals surface area contributed by atoms with E-state index in [-0.39, 0.29) is 11.8 Å². The molecule has 132 valence electrons. The third-order valence-electron chi connectivity index (χ3n) is 4.06. The number of anilines is 1. The normalized spacial score (nSPS) is 16.5. The van der Waals surface area contributed by atoms with Gasteiger partial charge in [0.05, 0.1) is 5.56 Å². The number of nitrogens with zero attached hydrogens (tertiary/aromatic N) is 1. The first-order chi connectivity index (χ1) is 12.7. The summed E-state index contributed by atoms with van der Waals surface area (Å²) >= 11 is 1.86. The summed E-state index contributed by atoms with van der Waals surface area (Å²) in [6.07, 6.45) is 2.62. The van der Waals surface area contributed by atoms with Crippen molar-refractivity contribution in [3.63, 3.8) is 0 Å². The number of carbonyl (C=O) groups is 1. The fraction of sp³-hybridized carbons (Fsp3) is 0.211. The van der Waals surface area contributed by atoms with Crippen molar-refractivity contribution in [1.29, 1.82) is 0 Å². The van der Waals surface area contributed by atoms with E-state index in [0.717, 1.165) is 23.3 Å². The predicted molar refractivity (Wildman–Crippen MR) is 101 cm³/mol. The second kappa shape index (κ2) is 7.21. The molecule has 0 spiro atoms. The van der Waals surface area contributed by atoms with Gasteiger partial charge in [0.1, 0.15) is 17.4 Å². The van der Waals surface area contributed by atoms with E-state index in [1.54, 1.807) is 30.3 Å². The third kappa shape index (κ3) is 3.57. The summed E-state index contributed by atoms with van der Waals surface area (Å²) in [5.74, 6) is 2.13. The van der Waals surface area contributed by atoms with Crippen LogP contribution in [0.4, 0.5) is 5.69 Å². The number of pyridine rings is 1. The van der Waals surface area contributed by atoms with Crippen molar-refractivity contribution in [3.8, 4) is 5.88 Å². The lowest BCUT2D eigenvalue weighted by Gasteiger charge is -2.11. The van der Waals surface area contributed by atoms with Crippen LogP contribution in [0.25, 0.3) is 11.0 Å². The van der Waals surface area contributed by atoms with E-state index in [2.05, 4.69) is 10.3 Å². The van der Waals surface area contributed by atoms with Gasteiger partial charge in [0.2, 0.25) is 5.88 Å². The number of amides is 1. The molecule has 1 unspecified atom stereocenters. The van der Waals surface area contributed by atoms with E-state index in [4.69, 9.17) is 9.15 Å². The first-order valence-corrected chi connectivity index (χ1v) is 9.39. The Hall–Kier alpha value is -2.80. The molecule has 1 aliphatic heterocycles. The lowest BCUT2D eigenvalue weighted by Crippen LogP contribution is -2.18. The molecule has 4 rings (SSSR count). The van der Waals surface area contributed by atoms with Gasteiger partial charge in [0.15, 0.2) is 0 Å². The van der Waals surface area contributed by atoms with Crippen LogP contribution in [-0.4, -0.2) is 28.5 Å². The summed E-state index contributed by atoms with van der Waals surface area (Å²) in [5, 5.41) is 3.32. The van der Waals surface area contributed by atoms with Gasteiger partial charge >= 0.3 is 5.63 Å². The van der Waals surface area contributed by atoms with Crippen LogP contribution in [0.1, 0.15) is 16.8 Å². The number of benzene rings is 1. The van der Waals surface area contributed by atoms with Crippen LogP contribution < -0.4 is 15.7 Å². The summed E-state index contributed by atoms with van der Waals surface area (Å²) in [7, 11) is 0. The van der Waals surface area contributed by atoms with Crippen LogP contribution in [0.3, 0.4) is 0 Å². The van der Waals surface area contributed by atoms with E-state index in [1.165, 1.54) is 6.20 Å². The first kappa shape index (κ1) is 16.7. The Bertz CT molecular complexity index is 994. The molecule has 1 saturated heterocycles. The summed E-state index contributed by atoms with van der Waals surface area (Å²) in [5.41, 5.74) is 0.315. The molecule has 1 atom stereocenters. The Morgan fingerprint density at radius 1 is 1.27 bits per heavy atom. The number of para-hydroxylation sites is 1. The van der Waals surface area contributed by atoms with E-state index in [9.17, 15) is 9.59 Å². The van der Waals surface area contributed by atoms with E-state index in [0.29, 0.717) is 17.0 Å². The lowest BCUT2D eigenvalue weighted by atomic mass is 10.2. The molecular weight excluding hydrogens is 352 g/mol. The molecule has 3 aromatic rings. The maximum atomic E-state index is 12.4. The zero-order valence-corrected chi connectivity index (χ0v) is 14.6. The van der Waals surface area contributed by atoms with Crippen LogP contribution in [0.5, 0.6) is 5.88 Å². The van der Waals surface area contributed by atoms with Gasteiger partial charge in [-0.3, -0.25) is 4.79 Å². The highest BCUT2D eigenvalue weighted by molar-refractivity contribution is 7.99. The molecule has 0 aliphatic carbocycles. The molecule has 1 fully saturated rings. The molecule has 0 radical (unpaired) electrons. The number of ether oxygens (including phenoxy) is 1. The largest absolute Gasteiger partial charge is 0.473 e. The van der Waals surface area contributed by atoms with Gasteiger partial charge in [0, 0.05) is 23.4 Å². The topological polar surface area (TPSA) is 81.4 Å². The molecule has 1 amide bonds. The van der Waals surface area contributed by atoms with E-state index < -0.39 is 11.5 Å². The molecule has 1 N–H and O–H groups in total. The summed E-state index contributed by atoms with van der Waals surface area (Å²) in [4.78, 5) is 28.6. The Kier molecular flexibility index (Phi) is 4.62. The van der Waals surface area contributed by atoms with Crippen molar-refractivity contribution in [2.24, 2.45) is 0 Å². The smallest absolute Gasteiger partial charge is 0.360 e. The van der Waals surface area contributed by atoms with Crippen LogP contribution in [0.15, 0.2) is 57.9 Å². The molecule has 1 aromatic carbocycles. The van der Waals surface area contributed by atoms with Gasteiger partial charge in [-0.05, 0) is 30.4 Å². The number of carbonyl (C=O) groups excluding carboxylic acids is 1. The molecular formula is C19H16N2O4S. The first-order valence-electron chi connectivity index (χ1n) is 8.24. The predicted octanol–water partition coefficient (Wildman–Crippen LogP) is 3.32. The second-order valence-electron chi connectivity index (χ2n) is 5.93. The number of thioether (sulfide) groups is 1. The number of hydrogen-bond donors (Lipinski definition) is 1. The summed E-state index contributed by atoms with van der Waals surface area (Å²) in [6.45, 7) is 0. The Morgan fingerprint density at radius 2 is 2.15 bits per heavy atom. The molecule has 3 heterocycles. The van der Waals surface area contributed by atoms with Crippen LogP contribution in [-0.2, 0) is 0 Å². The molecule has 2 aromatic heterocycles. The van der Waals surface area contributed by atoms with Crippen molar-refractivity contribution >= 4 is 34.3 Å². The second-order valence-corrected chi connectivity index (χ2v) is 7.08. The minimum absolute atomic E-state index is 0.0945. The highest BCUT2D eigenvalue weighted by Gasteiger charge is 2.18. The molecule has 6 nitrogen and oxygen atoms in total. The number of fused-ring (bicyclic) bond motifs is 1. The standard InChI is InChI=1S/C19H16N2O4S/c22-18(13-5-6-17(20-10-13)24-14-7-8-26-11-14)21-15-9-12-3-1-2-4-16(12)25-19(15)23/h1-6,9-10,14H,7-8,11H2,(H,21,22). The molecule has 0 saturated carbocycles. The van der Waals surface area contributed by atoms with E-state index in [1.807, 2.05) is 23.9 Å². The fourth-order valence-corrected chi connectivity index (χ4v) is 3.80. The number of nitrogens with one attached hydrogen (secondary N) is 1. The highest BCUT2D eigenvalue weighted by atomic mass is 32.2. The minimum atomic E-state index is -0.594. The third-order valence-corrected chi connectivity index (χ3v) is 5.20. The molecule has 1 aliphatic rings. The van der Waals surface area contributed by atoms with Gasteiger partial charge in [0.25, 0.3) is 5.91 Å². The molecule has 0 bridgehead atoms. The molecule has 7 heteroatoms. The van der Waals surface area contributed by atoms with Crippen molar-refractivity contribution in [2.75, 3.05) is 16.8 Å². The maximum absolute atomic E-state index is 12.4. The average Bonchev–Trinajstić information content (AvgIpc) is 3.16. The van der Waals surface area contributed by atoms with Crippen molar-refractivity contribution in [1.82, 2.24) is 4.98 Å². The van der Waals surface area contributed by atoms with Crippen molar-refractivity contribution in [3.05, 3.63) is 64.6 Å². The van der Waals surface area contributed by atoms with Gasteiger partial charge in [-0.1, -0.05) is 18.2 Å².